The van der Waals surface area contributed by atoms with E-state index in [0.717, 1.165) is 39.5 Å². The molecule has 0 aliphatic carbocycles. The fourth-order valence-corrected chi connectivity index (χ4v) is 3.34. The number of aromatic nitrogens is 2. The first kappa shape index (κ1) is 14.0. The fraction of sp³-hybridized carbons (Fsp3) is 0.211. The van der Waals surface area contributed by atoms with E-state index >= 15 is 0 Å². The number of hydrogen-bond acceptors (Lipinski definition) is 2. The largest absolute Gasteiger partial charge is 0.618 e. The fourth-order valence-electron chi connectivity index (χ4n) is 3.34. The van der Waals surface area contributed by atoms with Gasteiger partial charge in [0, 0.05) is 30.1 Å². The summed E-state index contributed by atoms with van der Waals surface area (Å²) < 4.78 is 3.33. The van der Waals surface area contributed by atoms with Crippen LogP contribution in [0, 0.1) is 5.21 Å². The maximum Gasteiger partial charge on any atom is 0.225 e. The number of likely N-dealkylation sites (N-methyl/N-ethyl adjacent to an activating group) is 1. The minimum absolute atomic E-state index is 0.717. The van der Waals surface area contributed by atoms with E-state index in [9.17, 15) is 5.21 Å². The van der Waals surface area contributed by atoms with Crippen LogP contribution in [0.1, 0.15) is 0 Å². The van der Waals surface area contributed by atoms with E-state index in [4.69, 9.17) is 0 Å². The van der Waals surface area contributed by atoms with Gasteiger partial charge >= 0.3 is 0 Å². The van der Waals surface area contributed by atoms with Crippen molar-refractivity contribution in [1.82, 2.24) is 9.47 Å². The van der Waals surface area contributed by atoms with Crippen molar-refractivity contribution in [2.45, 2.75) is 6.54 Å². The lowest BCUT2D eigenvalue weighted by Gasteiger charge is -2.13. The summed E-state index contributed by atoms with van der Waals surface area (Å²) in [5.74, 6) is 0. The van der Waals surface area contributed by atoms with E-state index in [-0.39, 0.29) is 0 Å². The molecule has 0 unspecified atom stereocenters. The van der Waals surface area contributed by atoms with Gasteiger partial charge in [-0.3, -0.25) is 0 Å². The first-order valence-electron chi connectivity index (χ1n) is 7.83. The van der Waals surface area contributed by atoms with Crippen LogP contribution >= 0.6 is 0 Å². The van der Waals surface area contributed by atoms with Gasteiger partial charge in [-0.05, 0) is 26.2 Å². The smallest absolute Gasteiger partial charge is 0.225 e. The molecule has 4 heteroatoms. The van der Waals surface area contributed by atoms with Crippen molar-refractivity contribution in [3.05, 3.63) is 59.9 Å². The second-order valence-electron chi connectivity index (χ2n) is 6.21. The van der Waals surface area contributed by atoms with Crippen molar-refractivity contribution < 1.29 is 4.73 Å². The van der Waals surface area contributed by atoms with Crippen LogP contribution in [0.4, 0.5) is 0 Å². The molecule has 0 saturated carbocycles. The van der Waals surface area contributed by atoms with Crippen molar-refractivity contribution >= 4 is 32.7 Å². The Labute approximate surface area is 134 Å². The van der Waals surface area contributed by atoms with Crippen LogP contribution in [0.15, 0.2) is 54.7 Å². The monoisotopic (exact) mass is 305 g/mol. The Morgan fingerprint density at radius 2 is 1.65 bits per heavy atom. The van der Waals surface area contributed by atoms with Gasteiger partial charge in [0.1, 0.15) is 0 Å². The Balaban J connectivity index is 2.16. The Morgan fingerprint density at radius 3 is 2.43 bits per heavy atom. The minimum Gasteiger partial charge on any atom is -0.618 e. The number of rotatable bonds is 3. The van der Waals surface area contributed by atoms with Gasteiger partial charge in [-0.1, -0.05) is 30.3 Å². The number of pyridine rings is 1. The second-order valence-corrected chi connectivity index (χ2v) is 6.21. The predicted octanol–water partition coefficient (Wildman–Crippen LogP) is 3.14. The highest BCUT2D eigenvalue weighted by Crippen LogP contribution is 2.32. The van der Waals surface area contributed by atoms with Gasteiger partial charge < -0.3 is 14.7 Å². The molecule has 0 aliphatic rings. The summed E-state index contributed by atoms with van der Waals surface area (Å²) in [6.07, 6.45) is 1.71. The molecule has 0 bridgehead atoms. The molecule has 4 nitrogen and oxygen atoms in total. The van der Waals surface area contributed by atoms with Gasteiger partial charge in [-0.2, -0.15) is 4.73 Å². The third-order valence-electron chi connectivity index (χ3n) is 4.42. The van der Waals surface area contributed by atoms with Crippen LogP contribution < -0.4 is 4.73 Å². The Kier molecular flexibility index (Phi) is 3.20. The number of para-hydroxylation sites is 2. The topological polar surface area (TPSA) is 35.1 Å². The van der Waals surface area contributed by atoms with Crippen LogP contribution in [0.5, 0.6) is 0 Å². The van der Waals surface area contributed by atoms with Gasteiger partial charge in [0.05, 0.1) is 16.3 Å². The van der Waals surface area contributed by atoms with E-state index < -0.39 is 0 Å². The lowest BCUT2D eigenvalue weighted by Crippen LogP contribution is -2.26. The molecule has 4 aromatic rings. The molecule has 4 rings (SSSR count). The standard InChI is InChI=1S/C19H19N3O/c1-20(2)11-12-21-17-9-5-3-7-14(17)16-13-22(23)18-10-6-4-8-15(18)19(16)21/h3-10,13H,11-12H2,1-2H3. The molecular weight excluding hydrogens is 286 g/mol. The number of hydrogen-bond donors (Lipinski definition) is 0. The molecule has 2 aromatic heterocycles. The van der Waals surface area contributed by atoms with Crippen LogP contribution in [0.2, 0.25) is 0 Å². The summed E-state index contributed by atoms with van der Waals surface area (Å²) in [5, 5.41) is 15.6. The van der Waals surface area contributed by atoms with Crippen LogP contribution in [-0.2, 0) is 6.54 Å². The molecule has 116 valence electrons. The van der Waals surface area contributed by atoms with Crippen LogP contribution in [0.3, 0.4) is 0 Å². The van der Waals surface area contributed by atoms with E-state index in [1.165, 1.54) is 5.52 Å². The summed E-state index contributed by atoms with van der Waals surface area (Å²) in [5.41, 5.74) is 3.05. The van der Waals surface area contributed by atoms with Gasteiger partial charge in [0.25, 0.3) is 0 Å². The predicted molar refractivity (Wildman–Crippen MR) is 94.5 cm³/mol. The Bertz CT molecular complexity index is 1020. The highest BCUT2D eigenvalue weighted by Gasteiger charge is 2.17. The average molecular weight is 305 g/mol. The molecule has 0 saturated heterocycles. The molecule has 0 atom stereocenters. The molecule has 0 aliphatic heterocycles. The molecule has 2 aromatic carbocycles. The van der Waals surface area contributed by atoms with E-state index in [2.05, 4.69) is 41.8 Å². The van der Waals surface area contributed by atoms with E-state index in [0.29, 0.717) is 5.52 Å². The van der Waals surface area contributed by atoms with Gasteiger partial charge in [0.2, 0.25) is 5.52 Å². The third kappa shape index (κ3) is 2.14. The van der Waals surface area contributed by atoms with Crippen molar-refractivity contribution in [3.63, 3.8) is 0 Å². The van der Waals surface area contributed by atoms with Crippen molar-refractivity contribution in [2.24, 2.45) is 0 Å². The van der Waals surface area contributed by atoms with E-state index in [1.807, 2.05) is 30.3 Å². The molecule has 0 fully saturated rings. The quantitative estimate of drug-likeness (QED) is 0.430. The molecular formula is C19H19N3O. The number of fused-ring (bicyclic) bond motifs is 5. The zero-order valence-electron chi connectivity index (χ0n) is 13.4. The summed E-state index contributed by atoms with van der Waals surface area (Å²) in [7, 11) is 4.16. The van der Waals surface area contributed by atoms with Crippen molar-refractivity contribution in [2.75, 3.05) is 20.6 Å². The highest BCUT2D eigenvalue weighted by atomic mass is 16.5. The lowest BCUT2D eigenvalue weighted by molar-refractivity contribution is -0.575. The van der Waals surface area contributed by atoms with Gasteiger partial charge in [-0.15, -0.1) is 0 Å². The minimum atomic E-state index is 0.717. The van der Waals surface area contributed by atoms with Crippen LogP contribution in [0.25, 0.3) is 32.7 Å². The summed E-state index contributed by atoms with van der Waals surface area (Å²) in [6, 6.07) is 16.1. The maximum absolute atomic E-state index is 12.4. The first-order valence-corrected chi connectivity index (χ1v) is 7.83. The van der Waals surface area contributed by atoms with Crippen molar-refractivity contribution in [1.29, 1.82) is 0 Å². The highest BCUT2D eigenvalue weighted by molar-refractivity contribution is 6.15. The molecule has 0 N–H and O–H groups in total. The Morgan fingerprint density at radius 1 is 0.957 bits per heavy atom. The molecule has 0 amide bonds. The second kappa shape index (κ2) is 5.25. The molecule has 2 heterocycles. The summed E-state index contributed by atoms with van der Waals surface area (Å²) in [6.45, 7) is 1.85. The van der Waals surface area contributed by atoms with Gasteiger partial charge in [-0.25, -0.2) is 0 Å². The maximum atomic E-state index is 12.4. The third-order valence-corrected chi connectivity index (χ3v) is 4.42. The average Bonchev–Trinajstić information content (AvgIpc) is 2.87. The molecule has 0 radical (unpaired) electrons. The normalized spacial score (nSPS) is 12.0. The zero-order valence-corrected chi connectivity index (χ0v) is 13.4. The lowest BCUT2D eigenvalue weighted by atomic mass is 10.1. The number of benzene rings is 2. The zero-order chi connectivity index (χ0) is 16.0. The first-order chi connectivity index (χ1) is 11.2. The SMILES string of the molecule is CN(C)CCn1c2ccccc2c2c[n+]([O-])c3ccccc3c21. The van der Waals surface area contributed by atoms with E-state index in [1.54, 1.807) is 6.20 Å². The molecule has 23 heavy (non-hydrogen) atoms. The van der Waals surface area contributed by atoms with Crippen LogP contribution in [-0.4, -0.2) is 30.1 Å². The van der Waals surface area contributed by atoms with Crippen molar-refractivity contribution in [3.8, 4) is 0 Å². The summed E-state index contributed by atoms with van der Waals surface area (Å²) >= 11 is 0. The van der Waals surface area contributed by atoms with Gasteiger partial charge in [0.15, 0.2) is 6.20 Å². The number of nitrogens with zero attached hydrogens (tertiary/aromatic N) is 3. The molecule has 0 spiro atoms. The summed E-state index contributed by atoms with van der Waals surface area (Å²) in [4.78, 5) is 2.18. The Hall–Kier alpha value is -2.59.